The highest BCUT2D eigenvalue weighted by atomic mass is 16.1. The van der Waals surface area contributed by atoms with E-state index in [4.69, 9.17) is 0 Å². The molecule has 0 radical (unpaired) electrons. The average molecular weight is 275 g/mol. The van der Waals surface area contributed by atoms with Crippen molar-refractivity contribution in [3.8, 4) is 0 Å². The van der Waals surface area contributed by atoms with Gasteiger partial charge < -0.3 is 15.5 Å². The van der Waals surface area contributed by atoms with Gasteiger partial charge in [-0.1, -0.05) is 19.1 Å². The number of hydrogen-bond acceptors (Lipinski definition) is 3. The summed E-state index contributed by atoms with van der Waals surface area (Å²) in [5, 5.41) is 6.20. The molecule has 0 spiro atoms. The smallest absolute Gasteiger partial charge is 0.224 e. The summed E-state index contributed by atoms with van der Waals surface area (Å²) in [6, 6.07) is 9.31. The summed E-state index contributed by atoms with van der Waals surface area (Å²) in [7, 11) is 3.71. The van der Waals surface area contributed by atoms with E-state index in [-0.39, 0.29) is 11.8 Å². The van der Waals surface area contributed by atoms with Crippen LogP contribution < -0.4 is 15.5 Å². The van der Waals surface area contributed by atoms with Crippen molar-refractivity contribution in [3.05, 3.63) is 29.8 Å². The van der Waals surface area contributed by atoms with Gasteiger partial charge in [-0.05, 0) is 30.5 Å². The number of benzene rings is 1. The largest absolute Gasteiger partial charge is 0.374 e. The van der Waals surface area contributed by atoms with Crippen LogP contribution in [0.15, 0.2) is 24.3 Å². The number of carbonyl (C=O) groups excluding carboxylic acids is 1. The van der Waals surface area contributed by atoms with E-state index in [1.54, 1.807) is 7.05 Å². The first-order chi connectivity index (χ1) is 9.60. The SMILES string of the molecule is CNC(=O)C(C)CN(C)c1ccc(CNC2CC2)cc1. The number of nitrogens with one attached hydrogen (secondary N) is 2. The van der Waals surface area contributed by atoms with Gasteiger partial charge in [0.05, 0.1) is 5.92 Å². The molecule has 2 N–H and O–H groups in total. The Bertz CT molecular complexity index is 440. The van der Waals surface area contributed by atoms with Crippen LogP contribution in [0.3, 0.4) is 0 Å². The maximum atomic E-state index is 11.5. The molecule has 0 aromatic heterocycles. The molecule has 1 saturated carbocycles. The van der Waals surface area contributed by atoms with Crippen LogP contribution in [0.5, 0.6) is 0 Å². The van der Waals surface area contributed by atoms with Crippen molar-refractivity contribution in [3.63, 3.8) is 0 Å². The second kappa shape index (κ2) is 6.75. The van der Waals surface area contributed by atoms with Gasteiger partial charge in [0.1, 0.15) is 0 Å². The predicted octanol–water partition coefficient (Wildman–Crippen LogP) is 1.76. The van der Waals surface area contributed by atoms with Crippen molar-refractivity contribution in [2.75, 3.05) is 25.5 Å². The van der Waals surface area contributed by atoms with Gasteiger partial charge in [-0.2, -0.15) is 0 Å². The van der Waals surface area contributed by atoms with Crippen LogP contribution in [-0.4, -0.2) is 32.6 Å². The summed E-state index contributed by atoms with van der Waals surface area (Å²) in [6.45, 7) is 3.62. The lowest BCUT2D eigenvalue weighted by atomic mass is 10.1. The highest BCUT2D eigenvalue weighted by molar-refractivity contribution is 5.78. The zero-order chi connectivity index (χ0) is 14.5. The maximum Gasteiger partial charge on any atom is 0.224 e. The standard InChI is InChI=1S/C16H25N3O/c1-12(16(20)17-2)11-19(3)15-8-4-13(5-9-15)10-18-14-6-7-14/h4-5,8-9,12,14,18H,6-7,10-11H2,1-3H3,(H,17,20). The third-order valence-electron chi connectivity index (χ3n) is 3.79. The monoisotopic (exact) mass is 275 g/mol. The Kier molecular flexibility index (Phi) is 5.01. The number of rotatable bonds is 7. The van der Waals surface area contributed by atoms with Crippen LogP contribution in [0.4, 0.5) is 5.69 Å². The zero-order valence-electron chi connectivity index (χ0n) is 12.6. The Balaban J connectivity index is 1.85. The molecule has 0 saturated heterocycles. The van der Waals surface area contributed by atoms with Crippen LogP contribution in [0.25, 0.3) is 0 Å². The molecule has 0 bridgehead atoms. The van der Waals surface area contributed by atoms with Crippen LogP contribution in [-0.2, 0) is 11.3 Å². The van der Waals surface area contributed by atoms with Crippen LogP contribution >= 0.6 is 0 Å². The summed E-state index contributed by atoms with van der Waals surface area (Å²) >= 11 is 0. The number of amides is 1. The molecule has 0 aliphatic heterocycles. The summed E-state index contributed by atoms with van der Waals surface area (Å²) in [5.41, 5.74) is 2.46. The lowest BCUT2D eigenvalue weighted by molar-refractivity contribution is -0.123. The van der Waals surface area contributed by atoms with Gasteiger partial charge in [-0.25, -0.2) is 0 Å². The molecule has 4 nitrogen and oxygen atoms in total. The Hall–Kier alpha value is -1.55. The van der Waals surface area contributed by atoms with E-state index in [2.05, 4.69) is 39.8 Å². The van der Waals surface area contributed by atoms with Crippen molar-refractivity contribution in [1.82, 2.24) is 10.6 Å². The van der Waals surface area contributed by atoms with E-state index < -0.39 is 0 Å². The minimum Gasteiger partial charge on any atom is -0.374 e. The second-order valence-corrected chi connectivity index (χ2v) is 5.72. The van der Waals surface area contributed by atoms with Crippen molar-refractivity contribution in [1.29, 1.82) is 0 Å². The molecular weight excluding hydrogens is 250 g/mol. The fourth-order valence-corrected chi connectivity index (χ4v) is 2.26. The summed E-state index contributed by atoms with van der Waals surface area (Å²) in [5.74, 6) is 0.0725. The van der Waals surface area contributed by atoms with Gasteiger partial charge >= 0.3 is 0 Å². The first-order valence-electron chi connectivity index (χ1n) is 7.35. The molecule has 1 aromatic carbocycles. The topological polar surface area (TPSA) is 44.4 Å². The Morgan fingerprint density at radius 2 is 2.00 bits per heavy atom. The van der Waals surface area contributed by atoms with E-state index in [1.165, 1.54) is 18.4 Å². The number of anilines is 1. The average Bonchev–Trinajstić information content (AvgIpc) is 3.28. The van der Waals surface area contributed by atoms with Gasteiger partial charge in [0.25, 0.3) is 0 Å². The lowest BCUT2D eigenvalue weighted by Crippen LogP contribution is -2.34. The Morgan fingerprint density at radius 3 is 2.55 bits per heavy atom. The molecule has 1 fully saturated rings. The fourth-order valence-electron chi connectivity index (χ4n) is 2.26. The highest BCUT2D eigenvalue weighted by Crippen LogP contribution is 2.20. The Labute approximate surface area is 121 Å². The predicted molar refractivity (Wildman–Crippen MR) is 82.8 cm³/mol. The fraction of sp³-hybridized carbons (Fsp3) is 0.562. The number of carbonyl (C=O) groups is 1. The van der Waals surface area contributed by atoms with Crippen molar-refractivity contribution in [2.45, 2.75) is 32.4 Å². The number of hydrogen-bond donors (Lipinski definition) is 2. The van der Waals surface area contributed by atoms with Gasteiger partial charge in [-0.3, -0.25) is 4.79 Å². The zero-order valence-corrected chi connectivity index (χ0v) is 12.6. The molecule has 1 amide bonds. The van der Waals surface area contributed by atoms with E-state index >= 15 is 0 Å². The van der Waals surface area contributed by atoms with Crippen molar-refractivity contribution in [2.24, 2.45) is 5.92 Å². The molecule has 1 aliphatic rings. The van der Waals surface area contributed by atoms with Gasteiger partial charge in [0, 0.05) is 38.9 Å². The van der Waals surface area contributed by atoms with E-state index in [9.17, 15) is 4.79 Å². The molecule has 4 heteroatoms. The molecule has 1 atom stereocenters. The van der Waals surface area contributed by atoms with Gasteiger partial charge in [0.2, 0.25) is 5.91 Å². The quantitative estimate of drug-likeness (QED) is 0.797. The molecule has 110 valence electrons. The molecule has 1 unspecified atom stereocenters. The third kappa shape index (κ3) is 4.23. The minimum atomic E-state index is -0.0128. The normalized spacial score (nSPS) is 15.8. The van der Waals surface area contributed by atoms with E-state index in [0.29, 0.717) is 0 Å². The molecule has 0 heterocycles. The van der Waals surface area contributed by atoms with Gasteiger partial charge in [0.15, 0.2) is 0 Å². The first-order valence-corrected chi connectivity index (χ1v) is 7.35. The van der Waals surface area contributed by atoms with Gasteiger partial charge in [-0.15, -0.1) is 0 Å². The van der Waals surface area contributed by atoms with Crippen LogP contribution in [0.2, 0.25) is 0 Å². The molecular formula is C16H25N3O. The van der Waals surface area contributed by atoms with E-state index in [0.717, 1.165) is 24.8 Å². The van der Waals surface area contributed by atoms with E-state index in [1.807, 2.05) is 14.0 Å². The molecule has 2 rings (SSSR count). The molecule has 1 aromatic rings. The Morgan fingerprint density at radius 1 is 1.35 bits per heavy atom. The van der Waals surface area contributed by atoms with Crippen molar-refractivity contribution < 1.29 is 4.79 Å². The van der Waals surface area contributed by atoms with Crippen LogP contribution in [0, 0.1) is 5.92 Å². The summed E-state index contributed by atoms with van der Waals surface area (Å²) in [4.78, 5) is 13.7. The summed E-state index contributed by atoms with van der Waals surface area (Å²) in [6.07, 6.45) is 2.64. The lowest BCUT2D eigenvalue weighted by Gasteiger charge is -2.23. The summed E-state index contributed by atoms with van der Waals surface area (Å²) < 4.78 is 0. The minimum absolute atomic E-state index is 0.0128. The molecule has 20 heavy (non-hydrogen) atoms. The third-order valence-corrected chi connectivity index (χ3v) is 3.79. The number of nitrogens with zero attached hydrogens (tertiary/aromatic N) is 1. The molecule has 1 aliphatic carbocycles. The highest BCUT2D eigenvalue weighted by Gasteiger charge is 2.19. The maximum absolute atomic E-state index is 11.5. The van der Waals surface area contributed by atoms with Crippen LogP contribution in [0.1, 0.15) is 25.3 Å². The first kappa shape index (κ1) is 14.9. The van der Waals surface area contributed by atoms with Crippen molar-refractivity contribution >= 4 is 11.6 Å². The second-order valence-electron chi connectivity index (χ2n) is 5.72.